The van der Waals surface area contributed by atoms with Gasteiger partial charge in [-0.3, -0.25) is 29.0 Å². The van der Waals surface area contributed by atoms with Crippen molar-refractivity contribution in [3.05, 3.63) is 30.1 Å². The molecule has 11 nitrogen and oxygen atoms in total. The summed E-state index contributed by atoms with van der Waals surface area (Å²) in [5, 5.41) is 0. The lowest BCUT2D eigenvalue weighted by Crippen LogP contribution is -2.66. The van der Waals surface area contributed by atoms with Crippen LogP contribution in [0.5, 0.6) is 0 Å². The van der Waals surface area contributed by atoms with Crippen LogP contribution >= 0.6 is 0 Å². The Labute approximate surface area is 178 Å². The maximum atomic E-state index is 13.2. The number of rotatable bonds is 6. The summed E-state index contributed by atoms with van der Waals surface area (Å²) >= 11 is 0. The number of esters is 4. The maximum absolute atomic E-state index is 13.2. The number of pyridine rings is 1. The molecule has 168 valence electrons. The standard InChI is InChI=1S/C20H24N2O9/c1-11(23)28-10-16-18(30-13(3)25)19(31-14(4)26)17(29-12(2)24)9-22(16)20(27)15-6-5-7-21-8-15/h5-8,16-19H,9-10H2,1-4H3/t16-,17+,18-,19-/m1/s1. The second-order valence-corrected chi connectivity index (χ2v) is 6.87. The van der Waals surface area contributed by atoms with Gasteiger partial charge in [0, 0.05) is 40.1 Å². The third kappa shape index (κ3) is 6.49. The minimum absolute atomic E-state index is 0.199. The summed E-state index contributed by atoms with van der Waals surface area (Å²) in [6.07, 6.45) is -0.780. The zero-order valence-electron chi connectivity index (χ0n) is 17.6. The first-order valence-electron chi connectivity index (χ1n) is 9.46. The molecule has 1 amide bonds. The zero-order valence-corrected chi connectivity index (χ0v) is 17.6. The molecular weight excluding hydrogens is 412 g/mol. The lowest BCUT2D eigenvalue weighted by molar-refractivity contribution is -0.203. The predicted octanol–water partition coefficient (Wildman–Crippen LogP) is 0.264. The summed E-state index contributed by atoms with van der Waals surface area (Å²) in [7, 11) is 0. The molecule has 0 radical (unpaired) electrons. The number of carbonyl (C=O) groups excluding carboxylic acids is 5. The van der Waals surface area contributed by atoms with E-state index in [2.05, 4.69) is 4.98 Å². The van der Waals surface area contributed by atoms with Gasteiger partial charge in [-0.2, -0.15) is 0 Å². The highest BCUT2D eigenvalue weighted by atomic mass is 16.6. The number of carbonyl (C=O) groups is 5. The number of nitrogens with zero attached hydrogens (tertiary/aromatic N) is 2. The Bertz CT molecular complexity index is 842. The van der Waals surface area contributed by atoms with Gasteiger partial charge < -0.3 is 23.8 Å². The van der Waals surface area contributed by atoms with Gasteiger partial charge in [-0.15, -0.1) is 0 Å². The number of likely N-dealkylation sites (tertiary alicyclic amines) is 1. The molecule has 0 aromatic carbocycles. The Morgan fingerprint density at radius 2 is 1.55 bits per heavy atom. The van der Waals surface area contributed by atoms with Gasteiger partial charge in [0.2, 0.25) is 0 Å². The van der Waals surface area contributed by atoms with Crippen molar-refractivity contribution in [1.82, 2.24) is 9.88 Å². The van der Waals surface area contributed by atoms with E-state index in [9.17, 15) is 24.0 Å². The van der Waals surface area contributed by atoms with Crippen LogP contribution in [-0.2, 0) is 38.1 Å². The average molecular weight is 436 g/mol. The van der Waals surface area contributed by atoms with Gasteiger partial charge in [0.05, 0.1) is 12.1 Å². The van der Waals surface area contributed by atoms with Crippen molar-refractivity contribution in [2.45, 2.75) is 52.0 Å². The molecule has 4 atom stereocenters. The first-order chi connectivity index (χ1) is 14.6. The molecule has 1 aromatic rings. The van der Waals surface area contributed by atoms with Crippen molar-refractivity contribution < 1.29 is 42.9 Å². The fraction of sp³-hybridized carbons (Fsp3) is 0.500. The Kier molecular flexibility index (Phi) is 8.06. The zero-order chi connectivity index (χ0) is 23.1. The molecule has 2 rings (SSSR count). The monoisotopic (exact) mass is 436 g/mol. The van der Waals surface area contributed by atoms with Crippen molar-refractivity contribution in [3.63, 3.8) is 0 Å². The number of amides is 1. The van der Waals surface area contributed by atoms with Gasteiger partial charge in [-0.05, 0) is 12.1 Å². The summed E-state index contributed by atoms with van der Waals surface area (Å²) in [5.74, 6) is -3.27. The molecule has 31 heavy (non-hydrogen) atoms. The Morgan fingerprint density at radius 3 is 2.06 bits per heavy atom. The number of aromatic nitrogens is 1. The fourth-order valence-corrected chi connectivity index (χ4v) is 3.31. The van der Waals surface area contributed by atoms with Crippen molar-refractivity contribution in [2.24, 2.45) is 0 Å². The van der Waals surface area contributed by atoms with E-state index in [-0.39, 0.29) is 18.7 Å². The van der Waals surface area contributed by atoms with Crippen LogP contribution in [-0.4, -0.2) is 77.2 Å². The quantitative estimate of drug-likeness (QED) is 0.451. The van der Waals surface area contributed by atoms with E-state index < -0.39 is 54.1 Å². The van der Waals surface area contributed by atoms with E-state index in [1.165, 1.54) is 30.3 Å². The van der Waals surface area contributed by atoms with Crippen LogP contribution in [0, 0.1) is 0 Å². The van der Waals surface area contributed by atoms with Crippen LogP contribution in [0.3, 0.4) is 0 Å². The third-order valence-electron chi connectivity index (χ3n) is 4.39. The fourth-order valence-electron chi connectivity index (χ4n) is 3.31. The van der Waals surface area contributed by atoms with Crippen LogP contribution in [0.1, 0.15) is 38.1 Å². The summed E-state index contributed by atoms with van der Waals surface area (Å²) in [4.78, 5) is 65.0. The van der Waals surface area contributed by atoms with Crippen molar-refractivity contribution in [3.8, 4) is 0 Å². The lowest BCUT2D eigenvalue weighted by Gasteiger charge is -2.46. The minimum atomic E-state index is -1.26. The Morgan fingerprint density at radius 1 is 0.935 bits per heavy atom. The molecule has 1 saturated heterocycles. The van der Waals surface area contributed by atoms with Crippen LogP contribution in [0.25, 0.3) is 0 Å². The van der Waals surface area contributed by atoms with E-state index in [4.69, 9.17) is 18.9 Å². The van der Waals surface area contributed by atoms with Crippen molar-refractivity contribution in [2.75, 3.05) is 13.2 Å². The molecule has 0 saturated carbocycles. The molecule has 0 aliphatic carbocycles. The smallest absolute Gasteiger partial charge is 0.303 e. The highest BCUT2D eigenvalue weighted by Gasteiger charge is 2.51. The van der Waals surface area contributed by atoms with E-state index in [1.807, 2.05) is 0 Å². The largest absolute Gasteiger partial charge is 0.464 e. The molecule has 1 aromatic heterocycles. The summed E-state index contributed by atoms with van der Waals surface area (Å²) in [5.41, 5.74) is 0.212. The van der Waals surface area contributed by atoms with Gasteiger partial charge in [0.25, 0.3) is 5.91 Å². The van der Waals surface area contributed by atoms with E-state index in [0.29, 0.717) is 0 Å². The van der Waals surface area contributed by atoms with Gasteiger partial charge in [-0.25, -0.2) is 0 Å². The first-order valence-corrected chi connectivity index (χ1v) is 9.46. The number of hydrogen-bond acceptors (Lipinski definition) is 10. The number of hydrogen-bond donors (Lipinski definition) is 0. The Balaban J connectivity index is 2.52. The third-order valence-corrected chi connectivity index (χ3v) is 4.39. The van der Waals surface area contributed by atoms with E-state index >= 15 is 0 Å². The number of ether oxygens (including phenoxy) is 4. The summed E-state index contributed by atoms with van der Waals surface area (Å²) in [6.45, 7) is 4.07. The number of piperidine rings is 1. The molecule has 11 heteroatoms. The molecule has 2 heterocycles. The van der Waals surface area contributed by atoms with E-state index in [1.54, 1.807) is 6.07 Å². The van der Waals surface area contributed by atoms with Crippen molar-refractivity contribution >= 4 is 29.8 Å². The Hall–Kier alpha value is -3.50. The molecule has 0 spiro atoms. The van der Waals surface area contributed by atoms with Gasteiger partial charge in [-0.1, -0.05) is 0 Å². The molecule has 1 aliphatic rings. The van der Waals surface area contributed by atoms with Gasteiger partial charge in [0.1, 0.15) is 12.6 Å². The first kappa shape index (κ1) is 23.8. The van der Waals surface area contributed by atoms with E-state index in [0.717, 1.165) is 20.8 Å². The van der Waals surface area contributed by atoms with Crippen LogP contribution in [0.4, 0.5) is 0 Å². The molecule has 0 bridgehead atoms. The highest BCUT2D eigenvalue weighted by molar-refractivity contribution is 5.94. The lowest BCUT2D eigenvalue weighted by atomic mass is 9.92. The predicted molar refractivity (Wildman–Crippen MR) is 102 cm³/mol. The summed E-state index contributed by atoms with van der Waals surface area (Å²) in [6, 6.07) is 2.07. The maximum Gasteiger partial charge on any atom is 0.303 e. The highest BCUT2D eigenvalue weighted by Crippen LogP contribution is 2.28. The minimum Gasteiger partial charge on any atom is -0.464 e. The van der Waals surface area contributed by atoms with Gasteiger partial charge in [0.15, 0.2) is 18.3 Å². The van der Waals surface area contributed by atoms with Crippen molar-refractivity contribution in [1.29, 1.82) is 0 Å². The summed E-state index contributed by atoms with van der Waals surface area (Å²) < 4.78 is 21.0. The average Bonchev–Trinajstić information content (AvgIpc) is 2.68. The molecular formula is C20H24N2O9. The van der Waals surface area contributed by atoms with Crippen LogP contribution in [0.2, 0.25) is 0 Å². The SMILES string of the molecule is CC(=O)OC[C@@H]1[C@@H](OC(C)=O)[C@H](OC(C)=O)[C@@H](OC(C)=O)CN1C(=O)c1cccnc1. The van der Waals surface area contributed by atoms with Crippen LogP contribution < -0.4 is 0 Å². The second kappa shape index (κ2) is 10.5. The molecule has 1 fully saturated rings. The van der Waals surface area contributed by atoms with Crippen LogP contribution in [0.15, 0.2) is 24.5 Å². The molecule has 0 unspecified atom stereocenters. The molecule has 0 N–H and O–H groups in total. The molecule has 1 aliphatic heterocycles. The topological polar surface area (TPSA) is 138 Å². The normalized spacial score (nSPS) is 22.8. The van der Waals surface area contributed by atoms with Gasteiger partial charge >= 0.3 is 23.9 Å². The second-order valence-electron chi connectivity index (χ2n) is 6.87.